The molecule has 1 atom stereocenters. The number of hydrogen-bond acceptors (Lipinski definition) is 4. The molecule has 0 spiro atoms. The van der Waals surface area contributed by atoms with Crippen LogP contribution in [0.5, 0.6) is 0 Å². The molecule has 0 aliphatic carbocycles. The second kappa shape index (κ2) is 8.75. The van der Waals surface area contributed by atoms with E-state index in [-0.39, 0.29) is 5.41 Å². The van der Waals surface area contributed by atoms with E-state index in [4.69, 9.17) is 9.72 Å². The number of thiazole rings is 1. The minimum Gasteiger partial charge on any atom is -0.385 e. The van der Waals surface area contributed by atoms with Crippen LogP contribution in [-0.2, 0) is 16.6 Å². The normalized spacial score (nSPS) is 13.7. The van der Waals surface area contributed by atoms with Crippen molar-refractivity contribution in [2.75, 3.05) is 20.3 Å². The van der Waals surface area contributed by atoms with Gasteiger partial charge in [-0.3, -0.25) is 0 Å². The summed E-state index contributed by atoms with van der Waals surface area (Å²) in [5, 5.41) is 7.10. The zero-order valence-electron chi connectivity index (χ0n) is 13.7. The molecule has 0 fully saturated rings. The third-order valence-electron chi connectivity index (χ3n) is 3.33. The Balaban J connectivity index is 2.56. The number of rotatable bonds is 9. The van der Waals surface area contributed by atoms with Crippen molar-refractivity contribution in [1.29, 1.82) is 0 Å². The standard InChI is InChI=1S/C16H30N2OS/c1-6-9-17-13(8-7-10-19-5)11-15-18-14(12-20-15)16(2,3)4/h12-13,17H,6-11H2,1-5H3. The lowest BCUT2D eigenvalue weighted by atomic mass is 9.93. The van der Waals surface area contributed by atoms with E-state index in [1.54, 1.807) is 18.4 Å². The molecule has 1 aromatic heterocycles. The van der Waals surface area contributed by atoms with Gasteiger partial charge in [0.05, 0.1) is 10.7 Å². The number of aromatic nitrogens is 1. The van der Waals surface area contributed by atoms with E-state index in [1.165, 1.54) is 17.1 Å². The van der Waals surface area contributed by atoms with Crippen molar-refractivity contribution in [3.8, 4) is 0 Å². The molecule has 1 aromatic rings. The highest BCUT2D eigenvalue weighted by Crippen LogP contribution is 2.24. The van der Waals surface area contributed by atoms with Gasteiger partial charge in [-0.2, -0.15) is 0 Å². The van der Waals surface area contributed by atoms with Gasteiger partial charge >= 0.3 is 0 Å². The van der Waals surface area contributed by atoms with Crippen LogP contribution in [0.2, 0.25) is 0 Å². The summed E-state index contributed by atoms with van der Waals surface area (Å²) in [7, 11) is 1.77. The Bertz CT molecular complexity index is 371. The maximum absolute atomic E-state index is 5.15. The van der Waals surface area contributed by atoms with E-state index >= 15 is 0 Å². The predicted molar refractivity (Wildman–Crippen MR) is 87.7 cm³/mol. The first-order chi connectivity index (χ1) is 9.47. The van der Waals surface area contributed by atoms with Gasteiger partial charge in [-0.05, 0) is 25.8 Å². The lowest BCUT2D eigenvalue weighted by molar-refractivity contribution is 0.188. The second-order valence-electron chi connectivity index (χ2n) is 6.37. The van der Waals surface area contributed by atoms with Crippen LogP contribution in [-0.4, -0.2) is 31.3 Å². The molecule has 116 valence electrons. The molecule has 1 unspecified atom stereocenters. The summed E-state index contributed by atoms with van der Waals surface area (Å²) in [6.07, 6.45) is 4.46. The number of hydrogen-bond donors (Lipinski definition) is 1. The van der Waals surface area contributed by atoms with Gasteiger partial charge in [-0.1, -0.05) is 27.7 Å². The van der Waals surface area contributed by atoms with Crippen LogP contribution in [0, 0.1) is 0 Å². The molecule has 0 aromatic carbocycles. The number of nitrogens with one attached hydrogen (secondary N) is 1. The van der Waals surface area contributed by atoms with Crippen LogP contribution in [0.15, 0.2) is 5.38 Å². The van der Waals surface area contributed by atoms with Crippen molar-refractivity contribution in [2.45, 2.75) is 64.8 Å². The SMILES string of the molecule is CCCNC(CCCOC)Cc1nc(C(C)(C)C)cs1. The quantitative estimate of drug-likeness (QED) is 0.705. The minimum absolute atomic E-state index is 0.150. The van der Waals surface area contributed by atoms with Crippen LogP contribution in [0.1, 0.15) is 57.7 Å². The van der Waals surface area contributed by atoms with Crippen LogP contribution < -0.4 is 5.32 Å². The third kappa shape index (κ3) is 6.33. The third-order valence-corrected chi connectivity index (χ3v) is 4.20. The summed E-state index contributed by atoms with van der Waals surface area (Å²) < 4.78 is 5.15. The highest BCUT2D eigenvalue weighted by molar-refractivity contribution is 7.09. The molecule has 0 saturated carbocycles. The maximum Gasteiger partial charge on any atom is 0.0944 e. The summed E-state index contributed by atoms with van der Waals surface area (Å²) in [4.78, 5) is 4.80. The maximum atomic E-state index is 5.15. The molecule has 0 saturated heterocycles. The van der Waals surface area contributed by atoms with Gasteiger partial charge in [0, 0.05) is 37.0 Å². The van der Waals surface area contributed by atoms with E-state index < -0.39 is 0 Å². The van der Waals surface area contributed by atoms with Crippen molar-refractivity contribution in [3.63, 3.8) is 0 Å². The number of ether oxygens (including phenoxy) is 1. The van der Waals surface area contributed by atoms with Crippen molar-refractivity contribution >= 4 is 11.3 Å². The lowest BCUT2D eigenvalue weighted by Gasteiger charge is -2.17. The van der Waals surface area contributed by atoms with Gasteiger partial charge in [0.1, 0.15) is 0 Å². The van der Waals surface area contributed by atoms with E-state index in [1.807, 2.05) is 0 Å². The fraction of sp³-hybridized carbons (Fsp3) is 0.812. The second-order valence-corrected chi connectivity index (χ2v) is 7.31. The molecule has 0 bridgehead atoms. The average Bonchev–Trinajstić information content (AvgIpc) is 2.84. The monoisotopic (exact) mass is 298 g/mol. The summed E-state index contributed by atoms with van der Waals surface area (Å²) >= 11 is 1.80. The van der Waals surface area contributed by atoms with Crippen LogP contribution in [0.4, 0.5) is 0 Å². The summed E-state index contributed by atoms with van der Waals surface area (Å²) in [5.41, 5.74) is 1.36. The highest BCUT2D eigenvalue weighted by atomic mass is 32.1. The molecule has 0 aliphatic heterocycles. The highest BCUT2D eigenvalue weighted by Gasteiger charge is 2.18. The van der Waals surface area contributed by atoms with Crippen molar-refractivity contribution < 1.29 is 4.74 Å². The number of nitrogens with zero attached hydrogens (tertiary/aromatic N) is 1. The average molecular weight is 298 g/mol. The molecule has 1 N–H and O–H groups in total. The fourth-order valence-electron chi connectivity index (χ4n) is 2.06. The summed E-state index contributed by atoms with van der Waals surface area (Å²) in [5.74, 6) is 0. The first kappa shape index (κ1) is 17.6. The fourth-order valence-corrected chi connectivity index (χ4v) is 3.16. The Hall–Kier alpha value is -0.450. The van der Waals surface area contributed by atoms with E-state index in [0.29, 0.717) is 6.04 Å². The van der Waals surface area contributed by atoms with E-state index in [2.05, 4.69) is 38.4 Å². The van der Waals surface area contributed by atoms with E-state index in [9.17, 15) is 0 Å². The Kier molecular flexibility index (Phi) is 7.70. The van der Waals surface area contributed by atoms with Gasteiger partial charge in [0.2, 0.25) is 0 Å². The smallest absolute Gasteiger partial charge is 0.0944 e. The van der Waals surface area contributed by atoms with Gasteiger partial charge in [-0.15, -0.1) is 11.3 Å². The predicted octanol–water partition coefficient (Wildman–Crippen LogP) is 3.78. The number of methoxy groups -OCH3 is 1. The molecule has 1 rings (SSSR count). The Morgan fingerprint density at radius 3 is 2.70 bits per heavy atom. The summed E-state index contributed by atoms with van der Waals surface area (Å²) in [6.45, 7) is 10.8. The molecule has 20 heavy (non-hydrogen) atoms. The Morgan fingerprint density at radius 1 is 1.40 bits per heavy atom. The van der Waals surface area contributed by atoms with E-state index in [0.717, 1.165) is 32.4 Å². The minimum atomic E-state index is 0.150. The molecule has 0 amide bonds. The zero-order valence-corrected chi connectivity index (χ0v) is 14.5. The summed E-state index contributed by atoms with van der Waals surface area (Å²) in [6, 6.07) is 0.518. The zero-order chi connectivity index (χ0) is 15.0. The first-order valence-electron chi connectivity index (χ1n) is 7.64. The van der Waals surface area contributed by atoms with Crippen LogP contribution >= 0.6 is 11.3 Å². The molecule has 1 heterocycles. The Labute approximate surface area is 128 Å². The van der Waals surface area contributed by atoms with Crippen LogP contribution in [0.3, 0.4) is 0 Å². The molecule has 0 aliphatic rings. The largest absolute Gasteiger partial charge is 0.385 e. The molecule has 3 nitrogen and oxygen atoms in total. The van der Waals surface area contributed by atoms with Gasteiger partial charge in [0.15, 0.2) is 0 Å². The van der Waals surface area contributed by atoms with Crippen molar-refractivity contribution in [3.05, 3.63) is 16.1 Å². The molecule has 0 radical (unpaired) electrons. The van der Waals surface area contributed by atoms with Crippen molar-refractivity contribution in [1.82, 2.24) is 10.3 Å². The van der Waals surface area contributed by atoms with Gasteiger partial charge in [-0.25, -0.2) is 4.98 Å². The first-order valence-corrected chi connectivity index (χ1v) is 8.52. The van der Waals surface area contributed by atoms with Crippen LogP contribution in [0.25, 0.3) is 0 Å². The topological polar surface area (TPSA) is 34.1 Å². The Morgan fingerprint density at radius 2 is 2.15 bits per heavy atom. The lowest BCUT2D eigenvalue weighted by Crippen LogP contribution is -2.32. The van der Waals surface area contributed by atoms with Crippen molar-refractivity contribution in [2.24, 2.45) is 0 Å². The van der Waals surface area contributed by atoms with Gasteiger partial charge in [0.25, 0.3) is 0 Å². The molecule has 4 heteroatoms. The molecular formula is C16H30N2OS. The van der Waals surface area contributed by atoms with Gasteiger partial charge < -0.3 is 10.1 Å². The molecular weight excluding hydrogens is 268 g/mol.